The zero-order valence-corrected chi connectivity index (χ0v) is 14.9. The Hall–Kier alpha value is -2.65. The smallest absolute Gasteiger partial charge is 0.213 e. The lowest BCUT2D eigenvalue weighted by molar-refractivity contribution is -0.710. The fraction of sp³-hybridized carbons (Fsp3) is 0.227. The van der Waals surface area contributed by atoms with E-state index in [1.165, 1.54) is 16.8 Å². The molecule has 0 amide bonds. The standard InChI is InChI=1S/C22H26N3/c1-5-22(4,24)21(3,14-13-16(2)23)20-18-11-7-6-10-17(18)19-12-8-9-15-25(19)20/h5-15,20H,1-2,23-24H2,3-4H3/q+1/b14-13+. The summed E-state index contributed by atoms with van der Waals surface area (Å²) >= 11 is 0. The van der Waals surface area contributed by atoms with E-state index >= 15 is 0 Å². The van der Waals surface area contributed by atoms with Gasteiger partial charge in [0.05, 0.1) is 11.0 Å². The Morgan fingerprint density at radius 3 is 2.52 bits per heavy atom. The molecule has 1 aromatic heterocycles. The molecule has 128 valence electrons. The molecule has 1 aliphatic heterocycles. The van der Waals surface area contributed by atoms with E-state index in [-0.39, 0.29) is 6.04 Å². The van der Waals surface area contributed by atoms with Gasteiger partial charge in [0.1, 0.15) is 0 Å². The Morgan fingerprint density at radius 2 is 1.84 bits per heavy atom. The Labute approximate surface area is 150 Å². The van der Waals surface area contributed by atoms with Gasteiger partial charge in [-0.1, -0.05) is 36.9 Å². The van der Waals surface area contributed by atoms with Crippen molar-refractivity contribution in [2.24, 2.45) is 16.9 Å². The molecule has 2 heterocycles. The molecule has 0 radical (unpaired) electrons. The maximum Gasteiger partial charge on any atom is 0.213 e. The molecule has 0 spiro atoms. The molecule has 0 fully saturated rings. The molecular formula is C22H26N3+. The molecule has 4 N–H and O–H groups in total. The summed E-state index contributed by atoms with van der Waals surface area (Å²) in [5, 5.41) is 0. The highest BCUT2D eigenvalue weighted by atomic mass is 15.1. The summed E-state index contributed by atoms with van der Waals surface area (Å²) in [6, 6.07) is 14.8. The first kappa shape index (κ1) is 17.2. The SMILES string of the molecule is C=CC(C)(N)C(C)(/C=C/C(=C)N)C1c2ccccc2-c2cccc[n+]21. The van der Waals surface area contributed by atoms with E-state index in [1.54, 1.807) is 0 Å². The molecule has 3 atom stereocenters. The van der Waals surface area contributed by atoms with Gasteiger partial charge in [0.15, 0.2) is 12.2 Å². The number of fused-ring (bicyclic) bond motifs is 3. The van der Waals surface area contributed by atoms with Gasteiger partial charge >= 0.3 is 0 Å². The Bertz CT molecular complexity index is 818. The van der Waals surface area contributed by atoms with Crippen molar-refractivity contribution in [3.63, 3.8) is 0 Å². The van der Waals surface area contributed by atoms with E-state index < -0.39 is 11.0 Å². The lowest BCUT2D eigenvalue weighted by atomic mass is 9.65. The number of allylic oxidation sites excluding steroid dienone is 1. The number of pyridine rings is 1. The highest BCUT2D eigenvalue weighted by Gasteiger charge is 2.54. The van der Waals surface area contributed by atoms with Gasteiger partial charge in [0.2, 0.25) is 5.69 Å². The van der Waals surface area contributed by atoms with Crippen LogP contribution in [0.5, 0.6) is 0 Å². The first-order chi connectivity index (χ1) is 11.8. The van der Waals surface area contributed by atoms with Crippen molar-refractivity contribution in [3.8, 4) is 11.3 Å². The number of nitrogens with two attached hydrogens (primary N) is 2. The lowest BCUT2D eigenvalue weighted by Gasteiger charge is -2.41. The van der Waals surface area contributed by atoms with E-state index in [2.05, 4.69) is 79.4 Å². The third kappa shape index (κ3) is 2.61. The Balaban J connectivity index is 2.30. The summed E-state index contributed by atoms with van der Waals surface area (Å²) in [5.74, 6) is 0. The van der Waals surface area contributed by atoms with E-state index in [9.17, 15) is 0 Å². The molecule has 3 nitrogen and oxygen atoms in total. The average molecular weight is 332 g/mol. The van der Waals surface area contributed by atoms with Crippen LogP contribution >= 0.6 is 0 Å². The maximum absolute atomic E-state index is 6.72. The molecule has 3 rings (SSSR count). The van der Waals surface area contributed by atoms with Crippen LogP contribution < -0.4 is 16.0 Å². The highest BCUT2D eigenvalue weighted by molar-refractivity contribution is 5.65. The number of benzene rings is 1. The second-order valence-electron chi connectivity index (χ2n) is 7.16. The molecule has 1 aromatic carbocycles. The first-order valence-corrected chi connectivity index (χ1v) is 8.47. The van der Waals surface area contributed by atoms with Crippen molar-refractivity contribution in [1.29, 1.82) is 0 Å². The van der Waals surface area contributed by atoms with Gasteiger partial charge in [-0.3, -0.25) is 0 Å². The first-order valence-electron chi connectivity index (χ1n) is 8.47. The van der Waals surface area contributed by atoms with Gasteiger partial charge in [-0.2, -0.15) is 4.57 Å². The monoisotopic (exact) mass is 332 g/mol. The maximum atomic E-state index is 6.72. The van der Waals surface area contributed by atoms with Gasteiger partial charge in [-0.15, -0.1) is 6.58 Å². The zero-order chi connectivity index (χ0) is 18.2. The predicted octanol–water partition coefficient (Wildman–Crippen LogP) is 3.48. The summed E-state index contributed by atoms with van der Waals surface area (Å²) in [5.41, 5.74) is 15.6. The van der Waals surface area contributed by atoms with Crippen LogP contribution in [0.3, 0.4) is 0 Å². The summed E-state index contributed by atoms with van der Waals surface area (Å²) in [6.45, 7) is 12.0. The summed E-state index contributed by atoms with van der Waals surface area (Å²) < 4.78 is 2.29. The molecule has 3 unspecified atom stereocenters. The minimum absolute atomic E-state index is 0.0310. The average Bonchev–Trinajstić information content (AvgIpc) is 2.94. The van der Waals surface area contributed by atoms with Crippen LogP contribution in [0.15, 0.2) is 85.7 Å². The summed E-state index contributed by atoms with van der Waals surface area (Å²) in [7, 11) is 0. The number of aromatic nitrogens is 1. The minimum Gasteiger partial charge on any atom is -0.399 e. The zero-order valence-electron chi connectivity index (χ0n) is 14.9. The quantitative estimate of drug-likeness (QED) is 0.500. The summed E-state index contributed by atoms with van der Waals surface area (Å²) in [6.07, 6.45) is 7.86. The van der Waals surface area contributed by atoms with Crippen molar-refractivity contribution < 1.29 is 4.57 Å². The van der Waals surface area contributed by atoms with Crippen molar-refractivity contribution in [1.82, 2.24) is 0 Å². The molecular weight excluding hydrogens is 306 g/mol. The second kappa shape index (κ2) is 6.01. The largest absolute Gasteiger partial charge is 0.399 e. The molecule has 0 saturated carbocycles. The van der Waals surface area contributed by atoms with E-state index in [0.29, 0.717) is 5.70 Å². The number of hydrogen-bond acceptors (Lipinski definition) is 2. The third-order valence-corrected chi connectivity index (χ3v) is 5.50. The minimum atomic E-state index is -0.652. The predicted molar refractivity (Wildman–Crippen MR) is 104 cm³/mol. The fourth-order valence-corrected chi connectivity index (χ4v) is 3.71. The van der Waals surface area contributed by atoms with Gasteiger partial charge in [0.25, 0.3) is 0 Å². The Kier molecular flexibility index (Phi) is 4.13. The van der Waals surface area contributed by atoms with Gasteiger partial charge in [-0.05, 0) is 32.1 Å². The van der Waals surface area contributed by atoms with Crippen molar-refractivity contribution >= 4 is 0 Å². The third-order valence-electron chi connectivity index (χ3n) is 5.50. The van der Waals surface area contributed by atoms with Crippen molar-refractivity contribution in [2.75, 3.05) is 0 Å². The van der Waals surface area contributed by atoms with Crippen LogP contribution in [0.2, 0.25) is 0 Å². The Morgan fingerprint density at radius 1 is 1.16 bits per heavy atom. The lowest BCUT2D eigenvalue weighted by Crippen LogP contribution is -2.59. The van der Waals surface area contributed by atoms with Gasteiger partial charge in [0, 0.05) is 28.9 Å². The van der Waals surface area contributed by atoms with E-state index in [4.69, 9.17) is 11.5 Å². The van der Waals surface area contributed by atoms with E-state index in [1.807, 2.05) is 19.1 Å². The molecule has 0 bridgehead atoms. The van der Waals surface area contributed by atoms with Gasteiger partial charge in [-0.25, -0.2) is 0 Å². The van der Waals surface area contributed by atoms with Crippen LogP contribution in [0, 0.1) is 5.41 Å². The van der Waals surface area contributed by atoms with Crippen LogP contribution in [-0.4, -0.2) is 5.54 Å². The second-order valence-corrected chi connectivity index (χ2v) is 7.16. The van der Waals surface area contributed by atoms with Crippen LogP contribution in [-0.2, 0) is 0 Å². The highest BCUT2D eigenvalue weighted by Crippen LogP contribution is 2.48. The van der Waals surface area contributed by atoms with Gasteiger partial charge < -0.3 is 11.5 Å². The molecule has 0 saturated heterocycles. The number of rotatable bonds is 5. The van der Waals surface area contributed by atoms with Crippen molar-refractivity contribution in [3.05, 3.63) is 91.3 Å². The summed E-state index contributed by atoms with van der Waals surface area (Å²) in [4.78, 5) is 0. The van der Waals surface area contributed by atoms with Crippen LogP contribution in [0.25, 0.3) is 11.3 Å². The van der Waals surface area contributed by atoms with Crippen molar-refractivity contribution in [2.45, 2.75) is 25.4 Å². The number of hydrogen-bond donors (Lipinski definition) is 2. The fourth-order valence-electron chi connectivity index (χ4n) is 3.71. The molecule has 3 heteroatoms. The molecule has 2 aromatic rings. The topological polar surface area (TPSA) is 55.9 Å². The number of nitrogens with zero attached hydrogens (tertiary/aromatic N) is 1. The van der Waals surface area contributed by atoms with Crippen LogP contribution in [0.1, 0.15) is 25.5 Å². The molecule has 1 aliphatic rings. The molecule has 0 aliphatic carbocycles. The van der Waals surface area contributed by atoms with E-state index in [0.717, 1.165) is 0 Å². The normalized spacial score (nSPS) is 20.4. The molecule has 25 heavy (non-hydrogen) atoms. The van der Waals surface area contributed by atoms with Crippen LogP contribution in [0.4, 0.5) is 0 Å².